The van der Waals surface area contributed by atoms with Crippen LogP contribution in [-0.2, 0) is 11.2 Å². The van der Waals surface area contributed by atoms with Crippen molar-refractivity contribution < 1.29 is 19.0 Å². The van der Waals surface area contributed by atoms with Crippen LogP contribution in [0.5, 0.6) is 5.75 Å². The van der Waals surface area contributed by atoms with Gasteiger partial charge in [0.1, 0.15) is 11.9 Å². The highest BCUT2D eigenvalue weighted by Crippen LogP contribution is 2.35. The van der Waals surface area contributed by atoms with Gasteiger partial charge in [-0.05, 0) is 74.5 Å². The summed E-state index contributed by atoms with van der Waals surface area (Å²) in [6.45, 7) is 2.26. The Labute approximate surface area is 197 Å². The number of halogens is 1. The molecule has 1 aliphatic rings. The van der Waals surface area contributed by atoms with Crippen LogP contribution in [-0.4, -0.2) is 52.7 Å². The van der Waals surface area contributed by atoms with Gasteiger partial charge < -0.3 is 14.7 Å². The van der Waals surface area contributed by atoms with Gasteiger partial charge in [0.15, 0.2) is 0 Å². The minimum absolute atomic E-state index is 0.0152. The van der Waals surface area contributed by atoms with Crippen LogP contribution in [0.4, 0.5) is 4.39 Å². The molecule has 1 saturated heterocycles. The molecule has 0 aliphatic carbocycles. The van der Waals surface area contributed by atoms with E-state index in [9.17, 15) is 9.90 Å². The molecule has 3 aromatic rings. The molecule has 176 valence electrons. The summed E-state index contributed by atoms with van der Waals surface area (Å²) in [5.74, 6) is -0.588. The van der Waals surface area contributed by atoms with Gasteiger partial charge >= 0.3 is 5.97 Å². The van der Waals surface area contributed by atoms with Gasteiger partial charge in [-0.25, -0.2) is 9.37 Å². The van der Waals surface area contributed by atoms with Crippen LogP contribution in [0.1, 0.15) is 42.4 Å². The molecule has 1 fully saturated rings. The fraction of sp³-hybridized carbons (Fsp3) is 0.480. The van der Waals surface area contributed by atoms with E-state index in [1.807, 2.05) is 29.8 Å². The molecule has 3 atom stereocenters. The van der Waals surface area contributed by atoms with E-state index in [2.05, 4.69) is 14.9 Å². The number of rotatable bonds is 10. The van der Waals surface area contributed by atoms with Crippen molar-refractivity contribution in [1.29, 1.82) is 0 Å². The van der Waals surface area contributed by atoms with Crippen molar-refractivity contribution in [3.05, 3.63) is 52.6 Å². The SMILES string of the molecule is COc1ccc2nccc([C@H](F)CC[C@@H]3CCN(CCCc4nccs4)C[C@@H]3C(=O)O)c2c1. The number of likely N-dealkylation sites (tertiary alicyclic amines) is 1. The summed E-state index contributed by atoms with van der Waals surface area (Å²) >= 11 is 1.66. The van der Waals surface area contributed by atoms with Crippen molar-refractivity contribution in [2.24, 2.45) is 11.8 Å². The Balaban J connectivity index is 1.34. The number of aromatic nitrogens is 2. The van der Waals surface area contributed by atoms with E-state index in [4.69, 9.17) is 4.74 Å². The van der Waals surface area contributed by atoms with Crippen LogP contribution in [0.2, 0.25) is 0 Å². The first-order chi connectivity index (χ1) is 16.0. The zero-order valence-corrected chi connectivity index (χ0v) is 19.6. The van der Waals surface area contributed by atoms with Crippen LogP contribution in [0.3, 0.4) is 0 Å². The second kappa shape index (κ2) is 11.0. The summed E-state index contributed by atoms with van der Waals surface area (Å²) < 4.78 is 20.6. The maximum absolute atomic E-state index is 15.3. The number of carboxylic acids is 1. The molecule has 1 N–H and O–H groups in total. The van der Waals surface area contributed by atoms with Gasteiger partial charge in [-0.2, -0.15) is 0 Å². The molecular formula is C25H30FN3O3S. The minimum atomic E-state index is -1.17. The lowest BCUT2D eigenvalue weighted by atomic mass is 9.81. The number of carboxylic acid groups (broad SMARTS) is 1. The highest BCUT2D eigenvalue weighted by Gasteiger charge is 2.34. The maximum atomic E-state index is 15.3. The van der Waals surface area contributed by atoms with Gasteiger partial charge in [-0.3, -0.25) is 9.78 Å². The van der Waals surface area contributed by atoms with Crippen LogP contribution in [0, 0.1) is 11.8 Å². The number of thiazole rings is 1. The molecule has 0 bridgehead atoms. The molecule has 3 heterocycles. The predicted molar refractivity (Wildman–Crippen MR) is 127 cm³/mol. The van der Waals surface area contributed by atoms with Crippen molar-refractivity contribution in [3.8, 4) is 5.75 Å². The number of methoxy groups -OCH3 is 1. The predicted octanol–water partition coefficient (Wildman–Crippen LogP) is 5.15. The topological polar surface area (TPSA) is 75.5 Å². The number of aryl methyl sites for hydroxylation is 1. The first-order valence-corrected chi connectivity index (χ1v) is 12.3. The number of piperidine rings is 1. The monoisotopic (exact) mass is 471 g/mol. The van der Waals surface area contributed by atoms with Crippen LogP contribution in [0.25, 0.3) is 10.9 Å². The van der Waals surface area contributed by atoms with E-state index in [0.29, 0.717) is 30.7 Å². The van der Waals surface area contributed by atoms with E-state index in [1.165, 1.54) is 0 Å². The number of nitrogens with zero attached hydrogens (tertiary/aromatic N) is 3. The van der Waals surface area contributed by atoms with Crippen LogP contribution in [0.15, 0.2) is 42.0 Å². The van der Waals surface area contributed by atoms with Gasteiger partial charge in [0.25, 0.3) is 0 Å². The molecule has 1 aliphatic heterocycles. The summed E-state index contributed by atoms with van der Waals surface area (Å²) in [6.07, 6.45) is 5.79. The van der Waals surface area contributed by atoms with Crippen LogP contribution >= 0.6 is 11.3 Å². The van der Waals surface area contributed by atoms with Crippen molar-refractivity contribution in [3.63, 3.8) is 0 Å². The molecule has 4 rings (SSSR count). The zero-order chi connectivity index (χ0) is 23.2. The number of pyridine rings is 1. The molecule has 0 spiro atoms. The van der Waals surface area contributed by atoms with Gasteiger partial charge in [-0.15, -0.1) is 11.3 Å². The number of ether oxygens (including phenoxy) is 1. The normalized spacial score (nSPS) is 20.1. The smallest absolute Gasteiger partial charge is 0.308 e. The zero-order valence-electron chi connectivity index (χ0n) is 18.8. The molecule has 1 aromatic carbocycles. The van der Waals surface area contributed by atoms with E-state index in [-0.39, 0.29) is 5.92 Å². The average molecular weight is 472 g/mol. The molecule has 6 nitrogen and oxygen atoms in total. The number of fused-ring (bicyclic) bond motifs is 1. The fourth-order valence-corrected chi connectivity index (χ4v) is 5.45. The molecule has 33 heavy (non-hydrogen) atoms. The highest BCUT2D eigenvalue weighted by atomic mass is 32.1. The van der Waals surface area contributed by atoms with Crippen molar-refractivity contribution in [2.75, 3.05) is 26.7 Å². The summed E-state index contributed by atoms with van der Waals surface area (Å²) in [6, 6.07) is 7.17. The van der Waals surface area contributed by atoms with Crippen molar-refractivity contribution in [2.45, 2.75) is 38.3 Å². The Morgan fingerprint density at radius 2 is 2.21 bits per heavy atom. The lowest BCUT2D eigenvalue weighted by Gasteiger charge is -2.36. The molecule has 0 unspecified atom stereocenters. The summed E-state index contributed by atoms with van der Waals surface area (Å²) in [5, 5.41) is 13.7. The first-order valence-electron chi connectivity index (χ1n) is 11.5. The van der Waals surface area contributed by atoms with Gasteiger partial charge in [0.2, 0.25) is 0 Å². The Bertz CT molecular complexity index is 1060. The minimum Gasteiger partial charge on any atom is -0.497 e. The lowest BCUT2D eigenvalue weighted by molar-refractivity contribution is -0.146. The molecule has 0 amide bonds. The maximum Gasteiger partial charge on any atom is 0.308 e. The van der Waals surface area contributed by atoms with E-state index in [0.717, 1.165) is 48.3 Å². The third-order valence-corrected chi connectivity index (χ3v) is 7.46. The third-order valence-electron chi connectivity index (χ3n) is 6.62. The van der Waals surface area contributed by atoms with E-state index in [1.54, 1.807) is 30.7 Å². The van der Waals surface area contributed by atoms with Gasteiger partial charge in [0, 0.05) is 36.1 Å². The number of hydrogen-bond acceptors (Lipinski definition) is 6. The third kappa shape index (κ3) is 5.86. The largest absolute Gasteiger partial charge is 0.497 e. The second-order valence-electron chi connectivity index (χ2n) is 8.65. The highest BCUT2D eigenvalue weighted by molar-refractivity contribution is 7.09. The first kappa shape index (κ1) is 23.6. The van der Waals surface area contributed by atoms with Gasteiger partial charge in [0.05, 0.1) is 23.6 Å². The summed E-state index contributed by atoms with van der Waals surface area (Å²) in [4.78, 5) is 22.8. The molecule has 2 aromatic heterocycles. The summed E-state index contributed by atoms with van der Waals surface area (Å²) in [7, 11) is 1.58. The second-order valence-corrected chi connectivity index (χ2v) is 9.63. The van der Waals surface area contributed by atoms with Gasteiger partial charge in [-0.1, -0.05) is 0 Å². The number of alkyl halides is 1. The fourth-order valence-electron chi connectivity index (χ4n) is 4.79. The molecular weight excluding hydrogens is 441 g/mol. The number of hydrogen-bond donors (Lipinski definition) is 1. The van der Waals surface area contributed by atoms with E-state index < -0.39 is 18.1 Å². The Morgan fingerprint density at radius 3 is 2.97 bits per heavy atom. The molecule has 0 saturated carbocycles. The standard InChI is InChI=1S/C25H30FN3O3S/c1-32-18-5-7-23-20(15-18)19(8-10-27-23)22(26)6-4-17-9-13-29(16-21(17)25(30)31)12-2-3-24-28-11-14-33-24/h5,7-8,10-11,14-15,17,21-22H,2-4,6,9,12-13,16H2,1H3,(H,30,31)/t17-,21+,22-/m1/s1. The number of aliphatic carboxylic acids is 1. The Morgan fingerprint density at radius 1 is 1.33 bits per heavy atom. The lowest BCUT2D eigenvalue weighted by Crippen LogP contribution is -2.44. The molecule has 0 radical (unpaired) electrons. The number of benzene rings is 1. The van der Waals surface area contributed by atoms with E-state index >= 15 is 4.39 Å². The Hall–Kier alpha value is -2.58. The number of carbonyl (C=O) groups is 1. The van der Waals surface area contributed by atoms with Crippen molar-refractivity contribution >= 4 is 28.2 Å². The van der Waals surface area contributed by atoms with Crippen LogP contribution < -0.4 is 4.74 Å². The Kier molecular flexibility index (Phi) is 7.88. The average Bonchev–Trinajstić information content (AvgIpc) is 3.35. The van der Waals surface area contributed by atoms with Crippen molar-refractivity contribution in [1.82, 2.24) is 14.9 Å². The summed E-state index contributed by atoms with van der Waals surface area (Å²) in [5.41, 5.74) is 1.32. The quantitative estimate of drug-likeness (QED) is 0.441. The molecule has 8 heteroatoms.